The van der Waals surface area contributed by atoms with Gasteiger partial charge in [0.05, 0.1) is 30.3 Å². The van der Waals surface area contributed by atoms with Crippen molar-refractivity contribution in [3.05, 3.63) is 29.8 Å². The molecule has 0 atom stereocenters. The summed E-state index contributed by atoms with van der Waals surface area (Å²) < 4.78 is 0. The second-order valence-electron chi connectivity index (χ2n) is 4.54. The molecule has 1 aliphatic carbocycles. The molecule has 0 bridgehead atoms. The number of aliphatic hydroxyl groups is 2. The van der Waals surface area contributed by atoms with Crippen molar-refractivity contribution in [3.63, 3.8) is 0 Å². The molecular weight excluding hydrogens is 398 g/mol. The Hall–Kier alpha value is -1.95. The van der Waals surface area contributed by atoms with Crippen molar-refractivity contribution in [2.45, 2.75) is 19.3 Å². The van der Waals surface area contributed by atoms with Crippen LogP contribution in [0.15, 0.2) is 24.3 Å². The van der Waals surface area contributed by atoms with E-state index in [9.17, 15) is 14.4 Å². The third kappa shape index (κ3) is 35.9. The number of nitrogens with two attached hydrogens (primary N) is 1. The highest BCUT2D eigenvalue weighted by atomic mass is 32.1. The normalized spacial score (nSPS) is 9.93. The second kappa shape index (κ2) is 22.1. The van der Waals surface area contributed by atoms with Crippen molar-refractivity contribution in [1.29, 1.82) is 0 Å². The van der Waals surface area contributed by atoms with Gasteiger partial charge in [0.1, 0.15) is 0 Å². The van der Waals surface area contributed by atoms with Crippen LogP contribution >= 0.6 is 25.3 Å². The summed E-state index contributed by atoms with van der Waals surface area (Å²) in [5.41, 5.74) is 6.17. The zero-order valence-electron chi connectivity index (χ0n) is 14.7. The summed E-state index contributed by atoms with van der Waals surface area (Å²) >= 11 is 6.83. The Morgan fingerprint density at radius 3 is 1.26 bits per heavy atom. The summed E-state index contributed by atoms with van der Waals surface area (Å²) in [7, 11) is 0. The number of hydrogen-bond donors (Lipinski definition) is 8. The Morgan fingerprint density at radius 1 is 0.815 bits per heavy atom. The Kier molecular flexibility index (Phi) is 24.4. The summed E-state index contributed by atoms with van der Waals surface area (Å²) in [4.78, 5) is 28.9. The van der Waals surface area contributed by atoms with Crippen molar-refractivity contribution in [3.8, 4) is 0 Å². The Balaban J connectivity index is -0.000000290. The summed E-state index contributed by atoms with van der Waals surface area (Å²) in [5, 5.41) is 39.0. The highest BCUT2D eigenvalue weighted by molar-refractivity contribution is 7.81. The van der Waals surface area contributed by atoms with Crippen LogP contribution in [0.25, 0.3) is 0 Å². The molecule has 0 saturated heterocycles. The lowest BCUT2D eigenvalue weighted by molar-refractivity contribution is -0.134. The first-order chi connectivity index (χ1) is 12.7. The summed E-state index contributed by atoms with van der Waals surface area (Å²) in [6, 6.07) is 6.06. The number of carboxylic acid groups (broad SMARTS) is 3. The average Bonchev–Trinajstić information content (AvgIpc) is 3.52. The van der Waals surface area contributed by atoms with Crippen LogP contribution in [-0.2, 0) is 9.59 Å². The van der Waals surface area contributed by atoms with E-state index in [4.69, 9.17) is 31.3 Å². The van der Waals surface area contributed by atoms with Gasteiger partial charge in [-0.2, -0.15) is 25.3 Å². The van der Waals surface area contributed by atoms with Gasteiger partial charge in [-0.15, -0.1) is 0 Å². The first kappa shape index (κ1) is 29.8. The fourth-order valence-electron chi connectivity index (χ4n) is 0.626. The summed E-state index contributed by atoms with van der Waals surface area (Å²) in [5.74, 6) is -2.86. The largest absolute Gasteiger partial charge is 0.481 e. The molecule has 1 aromatic carbocycles. The number of thiol groups is 2. The van der Waals surface area contributed by atoms with Crippen LogP contribution in [0.1, 0.15) is 29.6 Å². The van der Waals surface area contributed by atoms with E-state index in [2.05, 4.69) is 25.3 Å². The lowest BCUT2D eigenvalue weighted by atomic mass is 10.2. The molecule has 0 spiro atoms. The van der Waals surface area contributed by atoms with Crippen LogP contribution in [0.3, 0.4) is 0 Å². The topological polar surface area (TPSA) is 178 Å². The van der Waals surface area contributed by atoms with Gasteiger partial charge in [-0.25, -0.2) is 4.79 Å². The zero-order chi connectivity index (χ0) is 21.7. The molecule has 0 amide bonds. The zero-order valence-corrected chi connectivity index (χ0v) is 16.5. The number of carboxylic acids is 3. The maximum absolute atomic E-state index is 10.3. The molecule has 0 radical (unpaired) electrons. The molecule has 9 nitrogen and oxygen atoms in total. The van der Waals surface area contributed by atoms with E-state index >= 15 is 0 Å². The number of carbonyl (C=O) groups is 3. The van der Waals surface area contributed by atoms with Crippen molar-refractivity contribution < 1.29 is 39.9 Å². The molecule has 1 saturated carbocycles. The lowest BCUT2D eigenvalue weighted by Gasteiger charge is -1.93. The molecule has 0 aromatic heterocycles. The van der Waals surface area contributed by atoms with E-state index in [1.54, 1.807) is 12.1 Å². The van der Waals surface area contributed by atoms with Crippen LogP contribution < -0.4 is 5.73 Å². The SMILES string of the molecule is C1CC1.Nc1ccc(C(=O)O)cc1.O=C(O)CS.O=C(O)CS.OCCO. The van der Waals surface area contributed by atoms with Gasteiger partial charge in [-0.05, 0) is 24.3 Å². The number of nitrogen functional groups attached to an aromatic ring is 1. The van der Waals surface area contributed by atoms with E-state index in [1.165, 1.54) is 31.4 Å². The molecule has 1 fully saturated rings. The number of aliphatic carboxylic acids is 2. The fraction of sp³-hybridized carbons (Fsp3) is 0.438. The molecule has 0 heterocycles. The quantitative estimate of drug-likeness (QED) is 0.259. The number of aliphatic hydroxyl groups excluding tert-OH is 2. The fourth-order valence-corrected chi connectivity index (χ4v) is 0.626. The van der Waals surface area contributed by atoms with Gasteiger partial charge in [0.15, 0.2) is 0 Å². The predicted octanol–water partition coefficient (Wildman–Crippen LogP) is 1.11. The van der Waals surface area contributed by atoms with Gasteiger partial charge < -0.3 is 31.3 Å². The standard InChI is InChI=1S/C7H7NO2.C3H6.2C2H4O2S.C2H6O2/c8-6-3-1-5(2-4-6)7(9)10;1-2-3-1;2*3-2(4)1-5;3-1-2-4/h1-4H,8H2,(H,9,10);1-3H2;2*5H,1H2,(H,3,4);3-4H,1-2H2. The van der Waals surface area contributed by atoms with Gasteiger partial charge in [0.2, 0.25) is 0 Å². The third-order valence-corrected chi connectivity index (χ3v) is 2.42. The molecule has 1 aliphatic rings. The van der Waals surface area contributed by atoms with Gasteiger partial charge in [0, 0.05) is 5.69 Å². The molecular formula is C16H27NO8S2. The van der Waals surface area contributed by atoms with Gasteiger partial charge >= 0.3 is 17.9 Å². The monoisotopic (exact) mass is 425 g/mol. The predicted molar refractivity (Wildman–Crippen MR) is 109 cm³/mol. The van der Waals surface area contributed by atoms with E-state index < -0.39 is 17.9 Å². The van der Waals surface area contributed by atoms with Gasteiger partial charge in [0.25, 0.3) is 0 Å². The smallest absolute Gasteiger partial charge is 0.335 e. The first-order valence-corrected chi connectivity index (χ1v) is 8.88. The summed E-state index contributed by atoms with van der Waals surface area (Å²) in [6.07, 6.45) is 4.50. The number of hydrogen-bond acceptors (Lipinski definition) is 8. The number of anilines is 1. The van der Waals surface area contributed by atoms with Crippen molar-refractivity contribution >= 4 is 48.9 Å². The van der Waals surface area contributed by atoms with Crippen molar-refractivity contribution in [2.75, 3.05) is 30.5 Å². The van der Waals surface area contributed by atoms with Crippen LogP contribution in [0.2, 0.25) is 0 Å². The Labute approximate surface area is 168 Å². The lowest BCUT2D eigenvalue weighted by Crippen LogP contribution is -1.95. The Morgan fingerprint density at radius 2 is 1.11 bits per heavy atom. The number of aromatic carboxylic acids is 1. The Bertz CT molecular complexity index is 491. The van der Waals surface area contributed by atoms with Crippen molar-refractivity contribution in [1.82, 2.24) is 0 Å². The average molecular weight is 426 g/mol. The minimum absolute atomic E-state index is 0.0833. The number of rotatable bonds is 4. The van der Waals surface area contributed by atoms with Crippen LogP contribution in [0.5, 0.6) is 0 Å². The maximum Gasteiger partial charge on any atom is 0.335 e. The third-order valence-electron chi connectivity index (χ3n) is 1.88. The van der Waals surface area contributed by atoms with E-state index in [1.807, 2.05) is 0 Å². The van der Waals surface area contributed by atoms with Crippen LogP contribution in [0.4, 0.5) is 5.69 Å². The minimum atomic E-state index is -0.931. The van der Waals surface area contributed by atoms with E-state index in [0.717, 1.165) is 0 Å². The van der Waals surface area contributed by atoms with E-state index in [0.29, 0.717) is 5.69 Å². The van der Waals surface area contributed by atoms with Gasteiger partial charge in [-0.3, -0.25) is 9.59 Å². The molecule has 2 rings (SSSR count). The minimum Gasteiger partial charge on any atom is -0.481 e. The molecule has 156 valence electrons. The van der Waals surface area contributed by atoms with Crippen LogP contribution in [-0.4, -0.2) is 68.2 Å². The molecule has 0 unspecified atom stereocenters. The second-order valence-corrected chi connectivity index (χ2v) is 5.17. The van der Waals surface area contributed by atoms with Crippen molar-refractivity contribution in [2.24, 2.45) is 0 Å². The highest BCUT2D eigenvalue weighted by Crippen LogP contribution is 2.14. The molecule has 1 aromatic rings. The molecule has 7 N–H and O–H groups in total. The summed E-state index contributed by atoms with van der Waals surface area (Å²) in [6.45, 7) is -0.250. The molecule has 0 aliphatic heterocycles. The van der Waals surface area contributed by atoms with E-state index in [-0.39, 0.29) is 30.3 Å². The molecule has 11 heteroatoms. The molecule has 27 heavy (non-hydrogen) atoms. The number of benzene rings is 1. The van der Waals surface area contributed by atoms with Gasteiger partial charge in [-0.1, -0.05) is 19.3 Å². The highest BCUT2D eigenvalue weighted by Gasteiger charge is 1.98. The van der Waals surface area contributed by atoms with Crippen LogP contribution in [0, 0.1) is 0 Å². The first-order valence-electron chi connectivity index (χ1n) is 7.62. The maximum atomic E-state index is 10.3.